The van der Waals surface area contributed by atoms with Gasteiger partial charge < -0.3 is 0 Å². The smallest absolute Gasteiger partial charge is 0.280 e. The fourth-order valence-corrected chi connectivity index (χ4v) is 2.68. The van der Waals surface area contributed by atoms with Gasteiger partial charge in [-0.15, -0.1) is 0 Å². The summed E-state index contributed by atoms with van der Waals surface area (Å²) in [6.45, 7) is 0. The van der Waals surface area contributed by atoms with Gasteiger partial charge in [-0.1, -0.05) is 23.2 Å². The molecule has 0 radical (unpaired) electrons. The largest absolute Gasteiger partial charge is 0.332 e. The molecular formula is C13H9Cl2N3O2. The maximum atomic E-state index is 12.2. The van der Waals surface area contributed by atoms with E-state index in [0.29, 0.717) is 15.9 Å². The van der Waals surface area contributed by atoms with Gasteiger partial charge >= 0.3 is 5.69 Å². The van der Waals surface area contributed by atoms with Gasteiger partial charge in [0.15, 0.2) is 5.65 Å². The van der Waals surface area contributed by atoms with Gasteiger partial charge in [0.25, 0.3) is 5.56 Å². The maximum Gasteiger partial charge on any atom is 0.332 e. The van der Waals surface area contributed by atoms with Crippen LogP contribution < -0.4 is 11.2 Å². The fraction of sp³-hybridized carbons (Fsp3) is 0.154. The number of nitrogens with zero attached hydrogens (tertiary/aromatic N) is 3. The first kappa shape index (κ1) is 13.1. The van der Waals surface area contributed by atoms with Crippen molar-refractivity contribution in [3.63, 3.8) is 0 Å². The van der Waals surface area contributed by atoms with Crippen LogP contribution in [0.3, 0.4) is 0 Å². The summed E-state index contributed by atoms with van der Waals surface area (Å²) in [5, 5.41) is 1.55. The number of pyridine rings is 1. The lowest BCUT2D eigenvalue weighted by Crippen LogP contribution is -2.37. The summed E-state index contributed by atoms with van der Waals surface area (Å²) < 4.78 is 2.31. The highest BCUT2D eigenvalue weighted by Gasteiger charge is 2.16. The summed E-state index contributed by atoms with van der Waals surface area (Å²) in [5.41, 5.74) is -0.0741. The van der Waals surface area contributed by atoms with E-state index >= 15 is 0 Å². The zero-order chi connectivity index (χ0) is 14.6. The molecule has 20 heavy (non-hydrogen) atoms. The van der Waals surface area contributed by atoms with Crippen LogP contribution in [0.25, 0.3) is 21.9 Å². The van der Waals surface area contributed by atoms with Crippen LogP contribution in [-0.4, -0.2) is 14.1 Å². The average Bonchev–Trinajstić information content (AvgIpc) is 2.43. The van der Waals surface area contributed by atoms with Gasteiger partial charge in [0.1, 0.15) is 5.39 Å². The highest BCUT2D eigenvalue weighted by Crippen LogP contribution is 2.29. The summed E-state index contributed by atoms with van der Waals surface area (Å²) >= 11 is 12.3. The van der Waals surface area contributed by atoms with E-state index < -0.39 is 11.2 Å². The number of halogens is 2. The topological polar surface area (TPSA) is 56.9 Å². The van der Waals surface area contributed by atoms with Crippen LogP contribution in [0.5, 0.6) is 0 Å². The Labute approximate surface area is 123 Å². The van der Waals surface area contributed by atoms with Crippen molar-refractivity contribution in [2.45, 2.75) is 0 Å². The van der Waals surface area contributed by atoms with Gasteiger partial charge in [-0.05, 0) is 18.2 Å². The van der Waals surface area contributed by atoms with E-state index in [4.69, 9.17) is 23.2 Å². The molecule has 2 aromatic heterocycles. The first-order valence-corrected chi connectivity index (χ1v) is 6.52. The second kappa shape index (κ2) is 4.33. The molecule has 2 heterocycles. The van der Waals surface area contributed by atoms with Crippen molar-refractivity contribution >= 4 is 45.1 Å². The zero-order valence-corrected chi connectivity index (χ0v) is 12.2. The van der Waals surface area contributed by atoms with Crippen molar-refractivity contribution in [3.05, 3.63) is 49.1 Å². The Bertz CT molecular complexity index is 989. The molecule has 0 bridgehead atoms. The molecule has 0 N–H and O–H groups in total. The zero-order valence-electron chi connectivity index (χ0n) is 10.6. The number of rotatable bonds is 0. The van der Waals surface area contributed by atoms with Crippen molar-refractivity contribution in [3.8, 4) is 0 Å². The number of benzene rings is 1. The van der Waals surface area contributed by atoms with Crippen LogP contribution >= 0.6 is 23.2 Å². The number of aromatic nitrogens is 3. The average molecular weight is 310 g/mol. The Morgan fingerprint density at radius 3 is 2.50 bits per heavy atom. The molecule has 0 aliphatic carbocycles. The quantitative estimate of drug-likeness (QED) is 0.597. The molecule has 7 heteroatoms. The predicted octanol–water partition coefficient (Wildman–Crippen LogP) is 2.09. The highest BCUT2D eigenvalue weighted by molar-refractivity contribution is 6.40. The molecule has 102 valence electrons. The first-order valence-electron chi connectivity index (χ1n) is 5.76. The van der Waals surface area contributed by atoms with Gasteiger partial charge in [-0.3, -0.25) is 13.9 Å². The van der Waals surface area contributed by atoms with E-state index in [-0.39, 0.29) is 16.1 Å². The van der Waals surface area contributed by atoms with E-state index in [1.807, 2.05) is 0 Å². The molecule has 3 rings (SSSR count). The SMILES string of the molecule is Cn1c(=O)c2c(Cl)c3cc(Cl)ccc3nc2n(C)c1=O. The minimum absolute atomic E-state index is 0.214. The van der Waals surface area contributed by atoms with E-state index in [1.165, 1.54) is 11.6 Å². The van der Waals surface area contributed by atoms with E-state index in [0.717, 1.165) is 4.57 Å². The summed E-state index contributed by atoms with van der Waals surface area (Å²) in [4.78, 5) is 28.5. The lowest BCUT2D eigenvalue weighted by Gasteiger charge is -2.10. The second-order valence-corrected chi connectivity index (χ2v) is 5.31. The van der Waals surface area contributed by atoms with Crippen molar-refractivity contribution < 1.29 is 0 Å². The molecule has 0 aliphatic rings. The van der Waals surface area contributed by atoms with Gasteiger partial charge in [-0.2, -0.15) is 0 Å². The van der Waals surface area contributed by atoms with E-state index in [9.17, 15) is 9.59 Å². The van der Waals surface area contributed by atoms with Crippen LogP contribution in [0, 0.1) is 0 Å². The van der Waals surface area contributed by atoms with E-state index in [1.54, 1.807) is 25.2 Å². The highest BCUT2D eigenvalue weighted by atomic mass is 35.5. The number of hydrogen-bond acceptors (Lipinski definition) is 3. The molecular weight excluding hydrogens is 301 g/mol. The molecule has 0 amide bonds. The lowest BCUT2D eigenvalue weighted by molar-refractivity contribution is 0.708. The predicted molar refractivity (Wildman–Crippen MR) is 79.8 cm³/mol. The first-order chi connectivity index (χ1) is 9.41. The van der Waals surface area contributed by atoms with Crippen molar-refractivity contribution in [2.24, 2.45) is 14.1 Å². The van der Waals surface area contributed by atoms with Crippen LogP contribution in [0.1, 0.15) is 0 Å². The minimum Gasteiger partial charge on any atom is -0.280 e. The monoisotopic (exact) mass is 309 g/mol. The van der Waals surface area contributed by atoms with Gasteiger partial charge in [0.2, 0.25) is 0 Å². The summed E-state index contributed by atoms with van der Waals surface area (Å²) in [6, 6.07) is 5.03. The van der Waals surface area contributed by atoms with Gasteiger partial charge in [0, 0.05) is 24.5 Å². The third-order valence-corrected chi connectivity index (χ3v) is 3.90. The number of fused-ring (bicyclic) bond motifs is 2. The van der Waals surface area contributed by atoms with Gasteiger partial charge in [0.05, 0.1) is 10.5 Å². The standard InChI is InChI=1S/C13H9Cl2N3O2/c1-17-11-9(12(19)18(2)13(17)20)10(15)7-5-6(14)3-4-8(7)16-11/h3-5H,1-2H3. The number of hydrogen-bond donors (Lipinski definition) is 0. The molecule has 0 aliphatic heterocycles. The Morgan fingerprint density at radius 2 is 1.80 bits per heavy atom. The third-order valence-electron chi connectivity index (χ3n) is 3.27. The van der Waals surface area contributed by atoms with Crippen LogP contribution in [0.2, 0.25) is 10.0 Å². The fourth-order valence-electron chi connectivity index (χ4n) is 2.19. The molecule has 0 fully saturated rings. The van der Waals surface area contributed by atoms with Crippen LogP contribution in [0.15, 0.2) is 27.8 Å². The summed E-state index contributed by atoms with van der Waals surface area (Å²) in [5.74, 6) is 0. The molecule has 0 spiro atoms. The van der Waals surface area contributed by atoms with Gasteiger partial charge in [-0.25, -0.2) is 9.78 Å². The van der Waals surface area contributed by atoms with Crippen molar-refractivity contribution in [1.82, 2.24) is 14.1 Å². The molecule has 5 nitrogen and oxygen atoms in total. The minimum atomic E-state index is -0.470. The van der Waals surface area contributed by atoms with Crippen LogP contribution in [-0.2, 0) is 14.1 Å². The Balaban J connectivity index is 2.71. The second-order valence-electron chi connectivity index (χ2n) is 4.49. The molecule has 3 aromatic rings. The Hall–Kier alpha value is -1.85. The van der Waals surface area contributed by atoms with E-state index in [2.05, 4.69) is 4.98 Å². The molecule has 0 saturated heterocycles. The molecule has 0 unspecified atom stereocenters. The third kappa shape index (κ3) is 1.67. The molecule has 0 atom stereocenters. The van der Waals surface area contributed by atoms with Crippen molar-refractivity contribution in [1.29, 1.82) is 0 Å². The summed E-state index contributed by atoms with van der Waals surface area (Å²) in [7, 11) is 2.96. The normalized spacial score (nSPS) is 11.4. The Morgan fingerprint density at radius 1 is 1.10 bits per heavy atom. The lowest BCUT2D eigenvalue weighted by atomic mass is 10.2. The Kier molecular flexibility index (Phi) is 2.84. The molecule has 0 saturated carbocycles. The van der Waals surface area contributed by atoms with Crippen molar-refractivity contribution in [2.75, 3.05) is 0 Å². The van der Waals surface area contributed by atoms with Crippen LogP contribution in [0.4, 0.5) is 0 Å². The number of aryl methyl sites for hydroxylation is 1. The summed E-state index contributed by atoms with van der Waals surface area (Å²) in [6.07, 6.45) is 0. The molecule has 1 aromatic carbocycles. The maximum absolute atomic E-state index is 12.2.